The third-order valence-corrected chi connectivity index (χ3v) is 1.46. The first-order valence-electron chi connectivity index (χ1n) is 2.61. The third-order valence-electron chi connectivity index (χ3n) is 1.08. The van der Waals surface area contributed by atoms with Gasteiger partial charge in [-0.25, -0.2) is 0 Å². The summed E-state index contributed by atoms with van der Waals surface area (Å²) >= 11 is 0. The van der Waals surface area contributed by atoms with Crippen LogP contribution in [0.1, 0.15) is 5.56 Å². The van der Waals surface area contributed by atoms with Gasteiger partial charge in [-0.05, 0) is 12.2 Å². The second-order valence-electron chi connectivity index (χ2n) is 1.91. The SMILES string of the molecule is B.Cc1ccc(P)cc1. The quantitative estimate of drug-likeness (QED) is 0.357. The van der Waals surface area contributed by atoms with Crippen LogP contribution in [-0.2, 0) is 0 Å². The maximum absolute atomic E-state index is 2.65. The van der Waals surface area contributed by atoms with E-state index in [0.717, 1.165) is 0 Å². The normalized spacial score (nSPS) is 8.22. The first-order valence-corrected chi connectivity index (χ1v) is 3.19. The number of benzene rings is 1. The van der Waals surface area contributed by atoms with Crippen molar-refractivity contribution < 1.29 is 0 Å². The predicted molar refractivity (Wildman–Crippen MR) is 50.5 cm³/mol. The molecule has 9 heavy (non-hydrogen) atoms. The van der Waals surface area contributed by atoms with Crippen molar-refractivity contribution in [2.24, 2.45) is 0 Å². The van der Waals surface area contributed by atoms with Crippen LogP contribution < -0.4 is 5.30 Å². The van der Waals surface area contributed by atoms with Crippen LogP contribution in [0.15, 0.2) is 24.3 Å². The Morgan fingerprint density at radius 3 is 1.89 bits per heavy atom. The summed E-state index contributed by atoms with van der Waals surface area (Å²) in [6, 6.07) is 8.37. The molecule has 1 atom stereocenters. The Morgan fingerprint density at radius 1 is 1.11 bits per heavy atom. The number of aryl methyl sites for hydroxylation is 1. The highest BCUT2D eigenvalue weighted by Crippen LogP contribution is 1.94. The monoisotopic (exact) mass is 138 g/mol. The topological polar surface area (TPSA) is 0 Å². The van der Waals surface area contributed by atoms with E-state index in [2.05, 4.69) is 40.4 Å². The molecule has 0 aliphatic rings. The molecule has 0 N–H and O–H groups in total. The average Bonchev–Trinajstić information content (AvgIpc) is 1.77. The Morgan fingerprint density at radius 2 is 1.56 bits per heavy atom. The van der Waals surface area contributed by atoms with Crippen molar-refractivity contribution in [1.29, 1.82) is 0 Å². The van der Waals surface area contributed by atoms with E-state index < -0.39 is 0 Å². The summed E-state index contributed by atoms with van der Waals surface area (Å²) in [5.74, 6) is 0. The van der Waals surface area contributed by atoms with Gasteiger partial charge < -0.3 is 0 Å². The van der Waals surface area contributed by atoms with E-state index in [0.29, 0.717) is 0 Å². The fraction of sp³-hybridized carbons (Fsp3) is 0.143. The highest BCUT2D eigenvalue weighted by molar-refractivity contribution is 7.27. The summed E-state index contributed by atoms with van der Waals surface area (Å²) in [4.78, 5) is 0. The van der Waals surface area contributed by atoms with Gasteiger partial charge in [0, 0.05) is 0 Å². The van der Waals surface area contributed by atoms with Crippen LogP contribution in [0.5, 0.6) is 0 Å². The van der Waals surface area contributed by atoms with Gasteiger partial charge >= 0.3 is 0 Å². The molecule has 0 fully saturated rings. The molecule has 1 rings (SSSR count). The minimum Gasteiger partial charge on any atom is -0.106 e. The molecule has 1 aromatic rings. The van der Waals surface area contributed by atoms with Crippen molar-refractivity contribution >= 4 is 23.0 Å². The van der Waals surface area contributed by atoms with Gasteiger partial charge in [0.05, 0.1) is 8.41 Å². The molecule has 0 amide bonds. The van der Waals surface area contributed by atoms with Gasteiger partial charge in [0.25, 0.3) is 0 Å². The van der Waals surface area contributed by atoms with Gasteiger partial charge in [-0.2, -0.15) is 0 Å². The van der Waals surface area contributed by atoms with Crippen molar-refractivity contribution in [2.45, 2.75) is 6.92 Å². The fourth-order valence-electron chi connectivity index (χ4n) is 0.566. The Bertz CT molecular complexity index is 148. The number of hydrogen-bond acceptors (Lipinski definition) is 0. The van der Waals surface area contributed by atoms with Crippen molar-refractivity contribution in [3.05, 3.63) is 29.8 Å². The zero-order chi connectivity index (χ0) is 5.98. The highest BCUT2D eigenvalue weighted by atomic mass is 31.0. The third kappa shape index (κ3) is 2.67. The van der Waals surface area contributed by atoms with E-state index in [1.54, 1.807) is 0 Å². The molecule has 0 bridgehead atoms. The van der Waals surface area contributed by atoms with Crippen LogP contribution in [0.4, 0.5) is 0 Å². The molecular weight excluding hydrogens is 126 g/mol. The Hall–Kier alpha value is -0.285. The smallest absolute Gasteiger partial charge is 0.0814 e. The molecule has 0 nitrogen and oxygen atoms in total. The summed E-state index contributed by atoms with van der Waals surface area (Å²) in [7, 11) is 2.65. The van der Waals surface area contributed by atoms with Gasteiger partial charge in [-0.3, -0.25) is 0 Å². The van der Waals surface area contributed by atoms with E-state index in [1.807, 2.05) is 0 Å². The van der Waals surface area contributed by atoms with Gasteiger partial charge in [-0.15, -0.1) is 9.24 Å². The molecule has 0 saturated heterocycles. The van der Waals surface area contributed by atoms with E-state index in [4.69, 9.17) is 0 Å². The van der Waals surface area contributed by atoms with E-state index in [1.165, 1.54) is 10.9 Å². The number of rotatable bonds is 0. The zero-order valence-electron chi connectivity index (χ0n) is 4.89. The first kappa shape index (κ1) is 8.71. The lowest BCUT2D eigenvalue weighted by atomic mass is 10.2. The van der Waals surface area contributed by atoms with Crippen LogP contribution >= 0.6 is 9.24 Å². The van der Waals surface area contributed by atoms with Crippen LogP contribution in [0.3, 0.4) is 0 Å². The lowest BCUT2D eigenvalue weighted by Crippen LogP contribution is -1.85. The summed E-state index contributed by atoms with van der Waals surface area (Å²) in [6.45, 7) is 2.09. The molecule has 0 aliphatic carbocycles. The van der Waals surface area contributed by atoms with E-state index in [-0.39, 0.29) is 8.41 Å². The maximum Gasteiger partial charge on any atom is 0.0814 e. The molecule has 1 aromatic carbocycles. The van der Waals surface area contributed by atoms with Gasteiger partial charge in [0.2, 0.25) is 0 Å². The molecule has 2 heteroatoms. The van der Waals surface area contributed by atoms with Gasteiger partial charge in [0.15, 0.2) is 0 Å². The van der Waals surface area contributed by atoms with Crippen molar-refractivity contribution in [3.8, 4) is 0 Å². The van der Waals surface area contributed by atoms with Crippen LogP contribution in [0, 0.1) is 6.92 Å². The predicted octanol–water partition coefficient (Wildman–Crippen LogP) is 0.312. The molecule has 0 spiro atoms. The maximum atomic E-state index is 2.65. The average molecular weight is 138 g/mol. The highest BCUT2D eigenvalue weighted by Gasteiger charge is 1.79. The summed E-state index contributed by atoms with van der Waals surface area (Å²) in [5, 5.41) is 1.25. The summed E-state index contributed by atoms with van der Waals surface area (Å²) in [6.07, 6.45) is 0. The minimum absolute atomic E-state index is 0. The van der Waals surface area contributed by atoms with Gasteiger partial charge in [0.1, 0.15) is 0 Å². The second-order valence-corrected chi connectivity index (χ2v) is 2.58. The molecular formula is C7H12BP. The van der Waals surface area contributed by atoms with E-state index in [9.17, 15) is 0 Å². The van der Waals surface area contributed by atoms with Crippen molar-refractivity contribution in [3.63, 3.8) is 0 Å². The van der Waals surface area contributed by atoms with Crippen molar-refractivity contribution in [1.82, 2.24) is 0 Å². The fourth-order valence-corrected chi connectivity index (χ4v) is 0.759. The second kappa shape index (κ2) is 3.69. The molecule has 0 aliphatic heterocycles. The Kier molecular flexibility index (Phi) is 3.57. The number of hydrogen-bond donors (Lipinski definition) is 0. The lowest BCUT2D eigenvalue weighted by Gasteiger charge is -1.89. The van der Waals surface area contributed by atoms with Gasteiger partial charge in [-0.1, -0.05) is 29.8 Å². The lowest BCUT2D eigenvalue weighted by molar-refractivity contribution is 1.49. The summed E-state index contributed by atoms with van der Waals surface area (Å²) in [5.41, 5.74) is 1.32. The van der Waals surface area contributed by atoms with E-state index >= 15 is 0 Å². The molecule has 0 heterocycles. The zero-order valence-corrected chi connectivity index (χ0v) is 6.04. The molecule has 0 radical (unpaired) electrons. The van der Waals surface area contributed by atoms with Crippen LogP contribution in [0.2, 0.25) is 0 Å². The van der Waals surface area contributed by atoms with Crippen LogP contribution in [0.25, 0.3) is 0 Å². The Labute approximate surface area is 60.4 Å². The largest absolute Gasteiger partial charge is 0.106 e. The van der Waals surface area contributed by atoms with Crippen molar-refractivity contribution in [2.75, 3.05) is 0 Å². The molecule has 0 saturated carbocycles. The standard InChI is InChI=1S/C7H9P.BH3/c1-6-2-4-7(8)5-3-6;/h2-5H,8H2,1H3;1H3. The minimum atomic E-state index is 0. The molecule has 0 aromatic heterocycles. The van der Waals surface area contributed by atoms with Crippen LogP contribution in [-0.4, -0.2) is 8.41 Å². The summed E-state index contributed by atoms with van der Waals surface area (Å²) < 4.78 is 0. The Balaban J connectivity index is 0.000000640. The molecule has 48 valence electrons. The first-order chi connectivity index (χ1) is 3.79. The molecule has 1 unspecified atom stereocenters.